The third-order valence-electron chi connectivity index (χ3n) is 3.24. The van der Waals surface area contributed by atoms with Crippen LogP contribution in [0, 0.1) is 5.41 Å². The maximum atomic E-state index is 11.6. The number of carboxylic acid groups (broad SMARTS) is 1. The number of esters is 1. The van der Waals surface area contributed by atoms with Crippen molar-refractivity contribution < 1.29 is 27.9 Å². The van der Waals surface area contributed by atoms with Gasteiger partial charge in [-0.05, 0) is 12.8 Å². The number of ether oxygens (including phenoxy) is 1. The summed E-state index contributed by atoms with van der Waals surface area (Å²) in [5.74, 6) is -2.07. The van der Waals surface area contributed by atoms with Crippen LogP contribution in [0.5, 0.6) is 0 Å². The average Bonchev–Trinajstić information content (AvgIpc) is 2.37. The number of hydrogen-bond donors (Lipinski definition) is 2. The molecule has 0 aliphatic heterocycles. The van der Waals surface area contributed by atoms with Gasteiger partial charge in [-0.1, -0.05) is 13.8 Å². The van der Waals surface area contributed by atoms with Crippen LogP contribution in [0.15, 0.2) is 0 Å². The van der Waals surface area contributed by atoms with Gasteiger partial charge in [0.05, 0.1) is 24.7 Å². The molecule has 0 bridgehead atoms. The smallest absolute Gasteiger partial charge is 0.310 e. The standard InChI is InChI=1S/C11H21NO6S/c1-4-11(5-2,10(14)15)8-12-19(16,17)7-6-9(13)18-3/h12H,4-8H2,1-3H3,(H,14,15). The van der Waals surface area contributed by atoms with E-state index in [0.717, 1.165) is 0 Å². The fourth-order valence-electron chi connectivity index (χ4n) is 1.52. The topological polar surface area (TPSA) is 110 Å². The molecule has 0 unspecified atom stereocenters. The molecule has 2 N–H and O–H groups in total. The largest absolute Gasteiger partial charge is 0.481 e. The summed E-state index contributed by atoms with van der Waals surface area (Å²) in [6.45, 7) is 3.21. The zero-order valence-corrected chi connectivity index (χ0v) is 12.2. The molecule has 0 spiro atoms. The van der Waals surface area contributed by atoms with Crippen molar-refractivity contribution in [3.8, 4) is 0 Å². The van der Waals surface area contributed by atoms with E-state index in [0.29, 0.717) is 12.8 Å². The lowest BCUT2D eigenvalue weighted by molar-refractivity contribution is -0.149. The molecule has 8 heteroatoms. The second-order valence-corrected chi connectivity index (χ2v) is 6.19. The van der Waals surface area contributed by atoms with Crippen molar-refractivity contribution in [1.29, 1.82) is 0 Å². The van der Waals surface area contributed by atoms with E-state index in [2.05, 4.69) is 9.46 Å². The molecule has 0 heterocycles. The molecule has 0 rings (SSSR count). The molecule has 0 saturated carbocycles. The number of nitrogens with one attached hydrogen (secondary N) is 1. The van der Waals surface area contributed by atoms with E-state index >= 15 is 0 Å². The minimum Gasteiger partial charge on any atom is -0.481 e. The van der Waals surface area contributed by atoms with Crippen molar-refractivity contribution in [2.24, 2.45) is 5.41 Å². The highest BCUT2D eigenvalue weighted by Gasteiger charge is 2.35. The molecular formula is C11H21NO6S. The highest BCUT2D eigenvalue weighted by molar-refractivity contribution is 7.89. The monoisotopic (exact) mass is 295 g/mol. The normalized spacial score (nSPS) is 12.2. The number of sulfonamides is 1. The van der Waals surface area contributed by atoms with Crippen LogP contribution in [0.4, 0.5) is 0 Å². The Morgan fingerprint density at radius 1 is 1.26 bits per heavy atom. The first-order valence-electron chi connectivity index (χ1n) is 6.00. The molecule has 0 amide bonds. The summed E-state index contributed by atoms with van der Waals surface area (Å²) >= 11 is 0. The van der Waals surface area contributed by atoms with E-state index in [4.69, 9.17) is 5.11 Å². The van der Waals surface area contributed by atoms with Gasteiger partial charge in [0, 0.05) is 6.54 Å². The molecule has 0 saturated heterocycles. The first-order valence-corrected chi connectivity index (χ1v) is 7.65. The minimum absolute atomic E-state index is 0.182. The van der Waals surface area contributed by atoms with Gasteiger partial charge in [0.2, 0.25) is 10.0 Å². The Hall–Kier alpha value is -1.15. The van der Waals surface area contributed by atoms with Crippen molar-refractivity contribution in [3.05, 3.63) is 0 Å². The molecule has 7 nitrogen and oxygen atoms in total. The summed E-state index contributed by atoms with van der Waals surface area (Å²) in [7, 11) is -2.52. The predicted octanol–water partition coefficient (Wildman–Crippen LogP) is 0.360. The predicted molar refractivity (Wildman–Crippen MR) is 69.1 cm³/mol. The van der Waals surface area contributed by atoms with Crippen LogP contribution in [0.3, 0.4) is 0 Å². The Balaban J connectivity index is 4.59. The van der Waals surface area contributed by atoms with Crippen molar-refractivity contribution in [2.45, 2.75) is 33.1 Å². The van der Waals surface area contributed by atoms with Crippen LogP contribution in [0.25, 0.3) is 0 Å². The maximum absolute atomic E-state index is 11.6. The number of aliphatic carboxylic acids is 1. The van der Waals surface area contributed by atoms with Gasteiger partial charge >= 0.3 is 11.9 Å². The fourth-order valence-corrected chi connectivity index (χ4v) is 2.59. The summed E-state index contributed by atoms with van der Waals surface area (Å²) in [4.78, 5) is 22.1. The summed E-state index contributed by atoms with van der Waals surface area (Å²) < 4.78 is 29.9. The van der Waals surface area contributed by atoms with Gasteiger partial charge in [0.15, 0.2) is 0 Å². The first kappa shape index (κ1) is 17.8. The van der Waals surface area contributed by atoms with Crippen LogP contribution >= 0.6 is 0 Å². The van der Waals surface area contributed by atoms with Crippen molar-refractivity contribution in [2.75, 3.05) is 19.4 Å². The lowest BCUT2D eigenvalue weighted by atomic mass is 9.83. The van der Waals surface area contributed by atoms with Gasteiger partial charge in [0.1, 0.15) is 0 Å². The molecule has 0 aliphatic rings. The van der Waals surface area contributed by atoms with E-state index in [1.807, 2.05) is 0 Å². The number of methoxy groups -OCH3 is 1. The van der Waals surface area contributed by atoms with Crippen LogP contribution < -0.4 is 4.72 Å². The van der Waals surface area contributed by atoms with Crippen LogP contribution in [0.2, 0.25) is 0 Å². The molecule has 0 aliphatic carbocycles. The van der Waals surface area contributed by atoms with E-state index in [9.17, 15) is 18.0 Å². The molecule has 112 valence electrons. The first-order chi connectivity index (χ1) is 8.73. The van der Waals surface area contributed by atoms with E-state index in [-0.39, 0.29) is 13.0 Å². The molecule has 19 heavy (non-hydrogen) atoms. The molecule has 0 aromatic rings. The lowest BCUT2D eigenvalue weighted by Crippen LogP contribution is -2.43. The van der Waals surface area contributed by atoms with E-state index < -0.39 is 33.1 Å². The van der Waals surface area contributed by atoms with Crippen molar-refractivity contribution in [3.63, 3.8) is 0 Å². The molecule has 0 fully saturated rings. The number of hydrogen-bond acceptors (Lipinski definition) is 5. The van der Waals surface area contributed by atoms with E-state index in [1.54, 1.807) is 13.8 Å². The zero-order chi connectivity index (χ0) is 15.1. The summed E-state index contributed by atoms with van der Waals surface area (Å²) in [5.41, 5.74) is -1.11. The van der Waals surface area contributed by atoms with Crippen molar-refractivity contribution in [1.82, 2.24) is 4.72 Å². The SMILES string of the molecule is CCC(CC)(CNS(=O)(=O)CCC(=O)OC)C(=O)O. The van der Waals surface area contributed by atoms with E-state index in [1.165, 1.54) is 7.11 Å². The Kier molecular flexibility index (Phi) is 6.99. The van der Waals surface area contributed by atoms with Crippen LogP contribution in [0.1, 0.15) is 33.1 Å². The number of carboxylic acids is 1. The summed E-state index contributed by atoms with van der Waals surface area (Å²) in [5, 5.41) is 9.17. The van der Waals surface area contributed by atoms with Gasteiger partial charge in [0.25, 0.3) is 0 Å². The van der Waals surface area contributed by atoms with Crippen molar-refractivity contribution >= 4 is 22.0 Å². The second-order valence-electron chi connectivity index (χ2n) is 4.26. The molecule has 0 atom stereocenters. The lowest BCUT2D eigenvalue weighted by Gasteiger charge is -2.26. The molecule has 0 aromatic heterocycles. The molecule has 0 aromatic carbocycles. The average molecular weight is 295 g/mol. The maximum Gasteiger partial charge on any atom is 0.310 e. The van der Waals surface area contributed by atoms with Gasteiger partial charge in [-0.25, -0.2) is 13.1 Å². The number of carbonyl (C=O) groups excluding carboxylic acids is 1. The third-order valence-corrected chi connectivity index (χ3v) is 4.57. The van der Waals surface area contributed by atoms with Gasteiger partial charge in [-0.2, -0.15) is 0 Å². The van der Waals surface area contributed by atoms with Gasteiger partial charge in [-0.15, -0.1) is 0 Å². The van der Waals surface area contributed by atoms with Crippen LogP contribution in [-0.2, 0) is 24.3 Å². The summed E-state index contributed by atoms with van der Waals surface area (Å²) in [6, 6.07) is 0. The Bertz CT molecular complexity index is 413. The molecular weight excluding hydrogens is 274 g/mol. The third kappa shape index (κ3) is 5.56. The Morgan fingerprint density at radius 2 is 1.79 bits per heavy atom. The Morgan fingerprint density at radius 3 is 2.16 bits per heavy atom. The minimum atomic E-state index is -3.69. The number of carbonyl (C=O) groups is 2. The van der Waals surface area contributed by atoms with Crippen LogP contribution in [-0.4, -0.2) is 44.9 Å². The fraction of sp³-hybridized carbons (Fsp3) is 0.818. The molecule has 0 radical (unpaired) electrons. The zero-order valence-electron chi connectivity index (χ0n) is 11.4. The summed E-state index contributed by atoms with van der Waals surface area (Å²) in [6.07, 6.45) is 0.376. The second kappa shape index (κ2) is 7.44. The van der Waals surface area contributed by atoms with Gasteiger partial charge in [-0.3, -0.25) is 9.59 Å². The highest BCUT2D eigenvalue weighted by Crippen LogP contribution is 2.25. The number of rotatable bonds is 9. The highest BCUT2D eigenvalue weighted by atomic mass is 32.2. The quantitative estimate of drug-likeness (QED) is 0.594. The van der Waals surface area contributed by atoms with Gasteiger partial charge < -0.3 is 9.84 Å². The Labute approximate surface area is 113 Å².